The van der Waals surface area contributed by atoms with Crippen molar-refractivity contribution in [1.82, 2.24) is 19.2 Å². The van der Waals surface area contributed by atoms with Crippen molar-refractivity contribution in [2.45, 2.75) is 51.9 Å². The van der Waals surface area contributed by atoms with Crippen LogP contribution in [0.1, 0.15) is 49.4 Å². The third kappa shape index (κ3) is 4.19. The lowest BCUT2D eigenvalue weighted by Gasteiger charge is -2.33. The number of aromatic nitrogens is 3. The van der Waals surface area contributed by atoms with E-state index in [-0.39, 0.29) is 18.1 Å². The maximum atomic E-state index is 13.9. The Labute approximate surface area is 209 Å². The lowest BCUT2D eigenvalue weighted by atomic mass is 9.97. The zero-order chi connectivity index (χ0) is 25.4. The molecule has 4 heterocycles. The van der Waals surface area contributed by atoms with Crippen LogP contribution in [0.5, 0.6) is 0 Å². The highest BCUT2D eigenvalue weighted by atomic mass is 16.5. The predicted molar refractivity (Wildman–Crippen MR) is 139 cm³/mol. The fourth-order valence-corrected chi connectivity index (χ4v) is 5.20. The van der Waals surface area contributed by atoms with Gasteiger partial charge < -0.3 is 15.2 Å². The van der Waals surface area contributed by atoms with Crippen LogP contribution in [0.25, 0.3) is 17.1 Å². The van der Waals surface area contributed by atoms with Crippen LogP contribution in [0.4, 0.5) is 5.82 Å². The second kappa shape index (κ2) is 9.64. The quantitative estimate of drug-likeness (QED) is 0.532. The molecule has 3 aromatic rings. The minimum absolute atomic E-state index is 0.0137. The molecule has 186 valence electrons. The largest absolute Gasteiger partial charge is 0.355 e. The van der Waals surface area contributed by atoms with Gasteiger partial charge in [-0.2, -0.15) is 5.26 Å². The molecule has 0 amide bonds. The number of allylic oxidation sites excluding steroid dienone is 2. The lowest BCUT2D eigenvalue weighted by Crippen LogP contribution is -2.44. The SMILES string of the molecule is CC(C)=CCn1c(N2CCCC(N)C2)c(C#N)c2ncn(CC3c4ccccc4C=CN3O)c(=O)c21. The van der Waals surface area contributed by atoms with Crippen molar-refractivity contribution in [1.29, 1.82) is 5.26 Å². The molecule has 2 aromatic heterocycles. The first-order valence-corrected chi connectivity index (χ1v) is 12.3. The van der Waals surface area contributed by atoms with E-state index in [1.54, 1.807) is 6.20 Å². The number of hydrogen-bond acceptors (Lipinski definition) is 7. The summed E-state index contributed by atoms with van der Waals surface area (Å²) in [7, 11) is 0. The molecule has 2 unspecified atom stereocenters. The van der Waals surface area contributed by atoms with E-state index in [1.807, 2.05) is 54.8 Å². The molecule has 2 atom stereocenters. The number of hydrogen-bond donors (Lipinski definition) is 2. The first-order chi connectivity index (χ1) is 17.4. The number of piperidine rings is 1. The maximum Gasteiger partial charge on any atom is 0.278 e. The molecular weight excluding hydrogens is 454 g/mol. The van der Waals surface area contributed by atoms with Gasteiger partial charge in [-0.1, -0.05) is 35.9 Å². The van der Waals surface area contributed by atoms with E-state index in [9.17, 15) is 15.3 Å². The molecular formula is C27H31N7O2. The van der Waals surface area contributed by atoms with Crippen molar-refractivity contribution in [2.24, 2.45) is 5.73 Å². The molecule has 3 N–H and O–H groups in total. The number of fused-ring (bicyclic) bond motifs is 2. The van der Waals surface area contributed by atoms with Crippen LogP contribution >= 0.6 is 0 Å². The summed E-state index contributed by atoms with van der Waals surface area (Å²) in [6.45, 7) is 6.07. The smallest absolute Gasteiger partial charge is 0.278 e. The van der Waals surface area contributed by atoms with Crippen LogP contribution in [0.2, 0.25) is 0 Å². The van der Waals surface area contributed by atoms with Gasteiger partial charge >= 0.3 is 0 Å². The minimum Gasteiger partial charge on any atom is -0.355 e. The molecule has 0 spiro atoms. The van der Waals surface area contributed by atoms with Crippen molar-refractivity contribution in [3.05, 3.63) is 75.5 Å². The number of nitrogens with zero attached hydrogens (tertiary/aromatic N) is 6. The Morgan fingerprint density at radius 3 is 2.89 bits per heavy atom. The number of hydroxylamine groups is 2. The molecule has 0 bridgehead atoms. The van der Waals surface area contributed by atoms with Crippen LogP contribution in [0, 0.1) is 11.3 Å². The Balaban J connectivity index is 1.66. The first kappa shape index (κ1) is 23.9. The van der Waals surface area contributed by atoms with Gasteiger partial charge in [0.25, 0.3) is 5.56 Å². The van der Waals surface area contributed by atoms with E-state index in [4.69, 9.17) is 5.73 Å². The Morgan fingerprint density at radius 1 is 1.33 bits per heavy atom. The third-order valence-corrected chi connectivity index (χ3v) is 7.00. The van der Waals surface area contributed by atoms with E-state index >= 15 is 0 Å². The Morgan fingerprint density at radius 2 is 2.14 bits per heavy atom. The Bertz CT molecular complexity index is 1460. The molecule has 5 rings (SSSR count). The summed E-state index contributed by atoms with van der Waals surface area (Å²) in [5.74, 6) is 0.706. The monoisotopic (exact) mass is 485 g/mol. The zero-order valence-corrected chi connectivity index (χ0v) is 20.6. The van der Waals surface area contributed by atoms with Gasteiger partial charge in [-0.05, 0) is 43.9 Å². The molecule has 9 heteroatoms. The summed E-state index contributed by atoms with van der Waals surface area (Å²) >= 11 is 0. The van der Waals surface area contributed by atoms with Gasteiger partial charge in [0.1, 0.15) is 28.5 Å². The normalized spacial score (nSPS) is 19.3. The summed E-state index contributed by atoms with van der Waals surface area (Å²) in [6.07, 6.45) is 8.84. The predicted octanol–water partition coefficient (Wildman–Crippen LogP) is 3.38. The number of anilines is 1. The Kier molecular flexibility index (Phi) is 6.39. The second-order valence-electron chi connectivity index (χ2n) is 9.79. The molecule has 0 aliphatic carbocycles. The molecule has 9 nitrogen and oxygen atoms in total. The van der Waals surface area contributed by atoms with Gasteiger partial charge in [0, 0.05) is 31.9 Å². The van der Waals surface area contributed by atoms with Crippen molar-refractivity contribution < 1.29 is 5.21 Å². The van der Waals surface area contributed by atoms with E-state index in [0.717, 1.165) is 41.1 Å². The number of nitriles is 1. The van der Waals surface area contributed by atoms with Crippen LogP contribution in [-0.4, -0.2) is 43.5 Å². The topological polar surface area (TPSA) is 116 Å². The first-order valence-electron chi connectivity index (χ1n) is 12.3. The van der Waals surface area contributed by atoms with E-state index in [1.165, 1.54) is 10.9 Å². The molecule has 2 aliphatic rings. The summed E-state index contributed by atoms with van der Waals surface area (Å²) in [6, 6.07) is 9.68. The highest BCUT2D eigenvalue weighted by Gasteiger charge is 2.29. The highest BCUT2D eigenvalue weighted by Crippen LogP contribution is 2.33. The van der Waals surface area contributed by atoms with Crippen molar-refractivity contribution in [3.8, 4) is 6.07 Å². The molecule has 1 saturated heterocycles. The van der Waals surface area contributed by atoms with Crippen LogP contribution in [0.15, 0.2) is 53.2 Å². The molecule has 2 aliphatic heterocycles. The molecule has 0 radical (unpaired) electrons. The highest BCUT2D eigenvalue weighted by molar-refractivity contribution is 5.89. The number of benzene rings is 1. The van der Waals surface area contributed by atoms with Gasteiger partial charge in [-0.25, -0.2) is 4.98 Å². The summed E-state index contributed by atoms with van der Waals surface area (Å²) in [5.41, 5.74) is 10.3. The second-order valence-corrected chi connectivity index (χ2v) is 9.79. The van der Waals surface area contributed by atoms with Gasteiger partial charge in [-0.3, -0.25) is 19.6 Å². The van der Waals surface area contributed by atoms with Crippen LogP contribution < -0.4 is 16.2 Å². The molecule has 1 fully saturated rings. The average molecular weight is 486 g/mol. The third-order valence-electron chi connectivity index (χ3n) is 7.00. The maximum absolute atomic E-state index is 13.9. The average Bonchev–Trinajstić information content (AvgIpc) is 3.20. The van der Waals surface area contributed by atoms with Crippen molar-refractivity contribution in [3.63, 3.8) is 0 Å². The van der Waals surface area contributed by atoms with E-state index < -0.39 is 6.04 Å². The lowest BCUT2D eigenvalue weighted by molar-refractivity contribution is -0.0864. The molecule has 0 saturated carbocycles. The van der Waals surface area contributed by atoms with Crippen LogP contribution in [-0.2, 0) is 13.1 Å². The number of nitrogens with two attached hydrogens (primary N) is 1. The zero-order valence-electron chi connectivity index (χ0n) is 20.6. The Hall–Kier alpha value is -3.87. The van der Waals surface area contributed by atoms with E-state index in [0.29, 0.717) is 35.5 Å². The number of rotatable bonds is 5. The minimum atomic E-state index is -0.445. The standard InChI is InChI=1S/C27H31N7O2/c1-18(2)9-12-33-25-24(22(14-28)26(33)31-11-5-7-20(29)15-31)30-17-32(27(25)35)16-23-21-8-4-3-6-19(21)10-13-34(23)36/h3-4,6,8-10,13,17,20,23,36H,5,7,11-12,15-16,29H2,1-2H3. The van der Waals surface area contributed by atoms with Gasteiger partial charge in [0.2, 0.25) is 0 Å². The fourth-order valence-electron chi connectivity index (χ4n) is 5.20. The fraction of sp³-hybridized carbons (Fsp3) is 0.370. The van der Waals surface area contributed by atoms with Gasteiger partial charge in [0.15, 0.2) is 0 Å². The molecule has 36 heavy (non-hydrogen) atoms. The summed E-state index contributed by atoms with van der Waals surface area (Å²) in [4.78, 5) is 20.6. The van der Waals surface area contributed by atoms with Gasteiger partial charge in [0.05, 0.1) is 18.9 Å². The van der Waals surface area contributed by atoms with Crippen molar-refractivity contribution in [2.75, 3.05) is 18.0 Å². The summed E-state index contributed by atoms with van der Waals surface area (Å²) < 4.78 is 3.44. The molecule has 1 aromatic carbocycles. The van der Waals surface area contributed by atoms with Gasteiger partial charge in [-0.15, -0.1) is 0 Å². The van der Waals surface area contributed by atoms with Crippen molar-refractivity contribution >= 4 is 22.9 Å². The summed E-state index contributed by atoms with van der Waals surface area (Å²) in [5, 5.41) is 21.9. The van der Waals surface area contributed by atoms with E-state index in [2.05, 4.69) is 16.0 Å². The van der Waals surface area contributed by atoms with Crippen LogP contribution in [0.3, 0.4) is 0 Å².